The van der Waals surface area contributed by atoms with Gasteiger partial charge in [-0.15, -0.1) is 5.10 Å². The van der Waals surface area contributed by atoms with Gasteiger partial charge < -0.3 is 14.8 Å². The lowest BCUT2D eigenvalue weighted by Gasteiger charge is -2.29. The van der Waals surface area contributed by atoms with Crippen LogP contribution in [-0.2, 0) is 35.6 Å². The van der Waals surface area contributed by atoms with Crippen LogP contribution < -0.4 is 10.6 Å². The fourth-order valence-corrected chi connectivity index (χ4v) is 4.90. The highest BCUT2D eigenvalue weighted by Gasteiger charge is 2.39. The highest BCUT2D eigenvalue weighted by atomic mass is 16.2. The maximum absolute atomic E-state index is 13.0. The van der Waals surface area contributed by atoms with Gasteiger partial charge in [0.25, 0.3) is 11.8 Å². The number of imide groups is 1. The van der Waals surface area contributed by atoms with Crippen LogP contribution in [0, 0.1) is 0 Å². The molecule has 35 heavy (non-hydrogen) atoms. The van der Waals surface area contributed by atoms with Gasteiger partial charge in [-0.3, -0.25) is 24.5 Å². The number of rotatable bonds is 5. The SMILES string of the molecule is O=C1CCC(N2Cc3ccc(-n4cc(C(=O)NCc5cnc6n5CCC6)nn4)cc3C2=O)C(=O)N1. The summed E-state index contributed by atoms with van der Waals surface area (Å²) in [6.45, 7) is 1.56. The Morgan fingerprint density at radius 3 is 2.94 bits per heavy atom. The van der Waals surface area contributed by atoms with Gasteiger partial charge in [-0.2, -0.15) is 0 Å². The van der Waals surface area contributed by atoms with Crippen LogP contribution in [-0.4, -0.2) is 59.1 Å². The molecule has 2 aromatic heterocycles. The van der Waals surface area contributed by atoms with E-state index in [9.17, 15) is 19.2 Å². The number of aryl methyl sites for hydroxylation is 1. The van der Waals surface area contributed by atoms with Crippen molar-refractivity contribution in [1.82, 2.24) is 40.1 Å². The topological polar surface area (TPSA) is 144 Å². The molecule has 1 unspecified atom stereocenters. The number of imidazole rings is 1. The lowest BCUT2D eigenvalue weighted by Crippen LogP contribution is -2.52. The number of aromatic nitrogens is 5. The van der Waals surface area contributed by atoms with Crippen molar-refractivity contribution in [2.75, 3.05) is 0 Å². The minimum atomic E-state index is -0.672. The number of carbonyl (C=O) groups excluding carboxylic acids is 4. The molecule has 3 aromatic rings. The van der Waals surface area contributed by atoms with Crippen LogP contribution in [0.25, 0.3) is 5.69 Å². The third-order valence-electron chi connectivity index (χ3n) is 6.74. The molecule has 12 nitrogen and oxygen atoms in total. The normalized spacial score (nSPS) is 19.0. The van der Waals surface area contributed by atoms with Gasteiger partial charge in [0.1, 0.15) is 11.9 Å². The molecule has 6 rings (SSSR count). The second-order valence-corrected chi connectivity index (χ2v) is 8.89. The summed E-state index contributed by atoms with van der Waals surface area (Å²) >= 11 is 0. The highest BCUT2D eigenvalue weighted by Crippen LogP contribution is 2.29. The van der Waals surface area contributed by atoms with Gasteiger partial charge in [-0.1, -0.05) is 11.3 Å². The maximum Gasteiger partial charge on any atom is 0.273 e. The predicted molar refractivity (Wildman–Crippen MR) is 119 cm³/mol. The summed E-state index contributed by atoms with van der Waals surface area (Å²) in [5.41, 5.74) is 2.93. The van der Waals surface area contributed by atoms with Crippen LogP contribution in [0.3, 0.4) is 0 Å². The molecule has 1 fully saturated rings. The van der Waals surface area contributed by atoms with Crippen molar-refractivity contribution in [3.8, 4) is 5.69 Å². The molecule has 1 aromatic carbocycles. The minimum absolute atomic E-state index is 0.156. The molecular weight excluding hydrogens is 452 g/mol. The van der Waals surface area contributed by atoms with Crippen molar-refractivity contribution >= 4 is 23.6 Å². The average molecular weight is 474 g/mol. The largest absolute Gasteiger partial charge is 0.345 e. The Hall–Kier alpha value is -4.35. The fourth-order valence-electron chi connectivity index (χ4n) is 4.90. The van der Waals surface area contributed by atoms with E-state index in [2.05, 4.69) is 30.5 Å². The Labute approximate surface area is 199 Å². The van der Waals surface area contributed by atoms with E-state index in [1.165, 1.54) is 15.8 Å². The number of piperidine rings is 1. The van der Waals surface area contributed by atoms with Crippen molar-refractivity contribution in [3.05, 3.63) is 58.9 Å². The maximum atomic E-state index is 13.0. The van der Waals surface area contributed by atoms with Gasteiger partial charge in [0.15, 0.2) is 5.69 Å². The van der Waals surface area contributed by atoms with E-state index < -0.39 is 11.9 Å². The van der Waals surface area contributed by atoms with Crippen LogP contribution in [0.1, 0.15) is 57.2 Å². The van der Waals surface area contributed by atoms with Crippen molar-refractivity contribution < 1.29 is 19.2 Å². The van der Waals surface area contributed by atoms with E-state index in [0.29, 0.717) is 30.8 Å². The first-order chi connectivity index (χ1) is 17.0. The molecule has 178 valence electrons. The van der Waals surface area contributed by atoms with Crippen LogP contribution >= 0.6 is 0 Å². The third-order valence-corrected chi connectivity index (χ3v) is 6.74. The molecule has 5 heterocycles. The molecule has 2 N–H and O–H groups in total. The standard InChI is InChI=1S/C23H22N8O4/c32-20-6-5-18(22(34)26-20)30-11-13-3-4-14(8-16(13)23(30)35)31-12-17(27-28-31)21(33)25-10-15-9-24-19-2-1-7-29(15)19/h3-4,8-9,12,18H,1-2,5-7,10-11H2,(H,25,33)(H,26,32,34). The number of hydrogen-bond acceptors (Lipinski definition) is 7. The Balaban J connectivity index is 1.15. The van der Waals surface area contributed by atoms with Crippen LogP contribution in [0.2, 0.25) is 0 Å². The fraction of sp³-hybridized carbons (Fsp3) is 0.348. The predicted octanol–water partition coefficient (Wildman–Crippen LogP) is 0.101. The van der Waals surface area contributed by atoms with Crippen LogP contribution in [0.5, 0.6) is 0 Å². The molecule has 3 aliphatic rings. The van der Waals surface area contributed by atoms with Crippen molar-refractivity contribution in [2.45, 2.75) is 51.4 Å². The monoisotopic (exact) mass is 474 g/mol. The lowest BCUT2D eigenvalue weighted by atomic mass is 10.0. The molecule has 3 aliphatic heterocycles. The molecule has 0 saturated carbocycles. The van der Waals surface area contributed by atoms with E-state index in [1.54, 1.807) is 24.4 Å². The zero-order chi connectivity index (χ0) is 24.1. The van der Waals surface area contributed by atoms with Crippen LogP contribution in [0.4, 0.5) is 0 Å². The molecule has 0 spiro atoms. The first-order valence-corrected chi connectivity index (χ1v) is 11.5. The lowest BCUT2D eigenvalue weighted by molar-refractivity contribution is -0.136. The van der Waals surface area contributed by atoms with Gasteiger partial charge in [0.2, 0.25) is 11.8 Å². The highest BCUT2D eigenvalue weighted by molar-refractivity contribution is 6.05. The molecule has 0 bridgehead atoms. The van der Waals surface area contributed by atoms with E-state index in [4.69, 9.17) is 0 Å². The number of amides is 4. The number of fused-ring (bicyclic) bond motifs is 2. The summed E-state index contributed by atoms with van der Waals surface area (Å²) in [6, 6.07) is 4.59. The summed E-state index contributed by atoms with van der Waals surface area (Å²) in [4.78, 5) is 55.2. The molecule has 1 saturated heterocycles. The Morgan fingerprint density at radius 1 is 1.20 bits per heavy atom. The number of nitrogens with one attached hydrogen (secondary N) is 2. The zero-order valence-corrected chi connectivity index (χ0v) is 18.7. The molecule has 4 amide bonds. The quantitative estimate of drug-likeness (QED) is 0.499. The Bertz CT molecular complexity index is 1390. The van der Waals surface area contributed by atoms with Gasteiger partial charge in [-0.05, 0) is 30.5 Å². The summed E-state index contributed by atoms with van der Waals surface area (Å²) < 4.78 is 3.56. The molecule has 0 aliphatic carbocycles. The van der Waals surface area contributed by atoms with Gasteiger partial charge in [0, 0.05) is 31.5 Å². The molecule has 1 atom stereocenters. The second kappa shape index (κ2) is 8.15. The smallest absolute Gasteiger partial charge is 0.273 e. The van der Waals surface area contributed by atoms with Crippen molar-refractivity contribution in [3.63, 3.8) is 0 Å². The Morgan fingerprint density at radius 2 is 2.09 bits per heavy atom. The van der Waals surface area contributed by atoms with Crippen LogP contribution in [0.15, 0.2) is 30.6 Å². The molecule has 0 radical (unpaired) electrons. The van der Waals surface area contributed by atoms with Crippen molar-refractivity contribution in [1.29, 1.82) is 0 Å². The number of carbonyl (C=O) groups is 4. The second-order valence-electron chi connectivity index (χ2n) is 8.89. The summed E-state index contributed by atoms with van der Waals surface area (Å²) in [7, 11) is 0. The first-order valence-electron chi connectivity index (χ1n) is 11.5. The summed E-state index contributed by atoms with van der Waals surface area (Å²) in [5.74, 6) is -0.357. The average Bonchev–Trinajstić information content (AvgIpc) is 3.62. The van der Waals surface area contributed by atoms with E-state index in [-0.39, 0.29) is 29.8 Å². The summed E-state index contributed by atoms with van der Waals surface area (Å²) in [5, 5.41) is 13.2. The van der Waals surface area contributed by atoms with E-state index in [0.717, 1.165) is 36.5 Å². The third kappa shape index (κ3) is 3.66. The number of benzene rings is 1. The van der Waals surface area contributed by atoms with Gasteiger partial charge in [0.05, 0.1) is 30.3 Å². The Kier molecular flexibility index (Phi) is 4.94. The van der Waals surface area contributed by atoms with E-state index >= 15 is 0 Å². The molecular formula is C23H22N8O4. The number of nitrogens with zero attached hydrogens (tertiary/aromatic N) is 6. The summed E-state index contributed by atoms with van der Waals surface area (Å²) in [6.07, 6.45) is 5.82. The van der Waals surface area contributed by atoms with E-state index in [1.807, 2.05) is 0 Å². The number of hydrogen-bond donors (Lipinski definition) is 2. The zero-order valence-electron chi connectivity index (χ0n) is 18.7. The minimum Gasteiger partial charge on any atom is -0.345 e. The first kappa shape index (κ1) is 21.2. The van der Waals surface area contributed by atoms with Crippen molar-refractivity contribution in [2.24, 2.45) is 0 Å². The van der Waals surface area contributed by atoms with Gasteiger partial charge in [-0.25, -0.2) is 9.67 Å². The molecule has 12 heteroatoms. The van der Waals surface area contributed by atoms with Gasteiger partial charge >= 0.3 is 0 Å².